The van der Waals surface area contributed by atoms with Gasteiger partial charge >= 0.3 is 0 Å². The third-order valence-corrected chi connectivity index (χ3v) is 7.91. The van der Waals surface area contributed by atoms with E-state index in [1.54, 1.807) is 13.2 Å². The van der Waals surface area contributed by atoms with Gasteiger partial charge in [-0.1, -0.05) is 37.6 Å². The van der Waals surface area contributed by atoms with E-state index in [-0.39, 0.29) is 18.0 Å². The first kappa shape index (κ1) is 23.7. The van der Waals surface area contributed by atoms with Crippen LogP contribution in [0.4, 0.5) is 0 Å². The van der Waals surface area contributed by atoms with Crippen molar-refractivity contribution in [2.75, 3.05) is 13.9 Å². The van der Waals surface area contributed by atoms with Crippen LogP contribution in [0.15, 0.2) is 58.3 Å². The molecule has 2 aromatic rings. The molecule has 180 valence electrons. The fourth-order valence-electron chi connectivity index (χ4n) is 4.84. The van der Waals surface area contributed by atoms with Gasteiger partial charge in [-0.15, -0.1) is 11.8 Å². The first-order valence-corrected chi connectivity index (χ1v) is 12.7. The summed E-state index contributed by atoms with van der Waals surface area (Å²) in [6.07, 6.45) is 1.18. The first-order valence-electron chi connectivity index (χ1n) is 11.3. The minimum atomic E-state index is -0.430. The second-order valence-electron chi connectivity index (χ2n) is 9.60. The molecule has 0 fully saturated rings. The number of nitrogens with one attached hydrogen (secondary N) is 1. The van der Waals surface area contributed by atoms with Gasteiger partial charge < -0.3 is 19.5 Å². The summed E-state index contributed by atoms with van der Waals surface area (Å²) in [6.45, 7) is 4.38. The van der Waals surface area contributed by atoms with E-state index in [0.29, 0.717) is 39.8 Å². The van der Waals surface area contributed by atoms with E-state index >= 15 is 0 Å². The summed E-state index contributed by atoms with van der Waals surface area (Å²) >= 11 is 8.00. The molecule has 3 aliphatic rings. The summed E-state index contributed by atoms with van der Waals surface area (Å²) in [5.74, 6) is 2.20. The molecule has 1 unspecified atom stereocenters. The van der Waals surface area contributed by atoms with E-state index in [1.165, 1.54) is 11.8 Å². The van der Waals surface area contributed by atoms with Gasteiger partial charge in [0, 0.05) is 34.5 Å². The Kier molecular flexibility index (Phi) is 6.20. The van der Waals surface area contributed by atoms with Crippen LogP contribution in [0.5, 0.6) is 17.2 Å². The number of allylic oxidation sites excluding steroid dienone is 3. The van der Waals surface area contributed by atoms with Crippen molar-refractivity contribution in [3.63, 3.8) is 0 Å². The van der Waals surface area contributed by atoms with Crippen LogP contribution in [-0.2, 0) is 10.5 Å². The average molecular weight is 509 g/mol. The molecular formula is C27H25ClN2O4S. The van der Waals surface area contributed by atoms with Crippen molar-refractivity contribution < 1.29 is 19.0 Å². The molecule has 35 heavy (non-hydrogen) atoms. The number of carbonyl (C=O) groups is 1. The number of rotatable bonds is 5. The number of nitriles is 1. The number of dihydropyridines is 1. The fourth-order valence-corrected chi connectivity index (χ4v) is 6.19. The third kappa shape index (κ3) is 4.49. The van der Waals surface area contributed by atoms with Crippen molar-refractivity contribution in [2.45, 2.75) is 38.4 Å². The molecule has 0 saturated heterocycles. The van der Waals surface area contributed by atoms with Gasteiger partial charge in [0.25, 0.3) is 0 Å². The Bertz CT molecular complexity index is 1310. The lowest BCUT2D eigenvalue weighted by molar-refractivity contribution is -0.118. The number of thioether (sulfide) groups is 1. The topological polar surface area (TPSA) is 80.6 Å². The van der Waals surface area contributed by atoms with Gasteiger partial charge in [-0.25, -0.2) is 0 Å². The maximum absolute atomic E-state index is 13.3. The lowest BCUT2D eigenvalue weighted by Crippen LogP contribution is -2.36. The number of Topliss-reactive ketones (excluding diaryl/α,β-unsaturated/α-hetero) is 1. The molecule has 1 atom stereocenters. The summed E-state index contributed by atoms with van der Waals surface area (Å²) in [5.41, 5.74) is 3.73. The molecular weight excluding hydrogens is 484 g/mol. The van der Waals surface area contributed by atoms with Gasteiger partial charge in [0.1, 0.15) is 5.75 Å². The predicted octanol–water partition coefficient (Wildman–Crippen LogP) is 6.08. The van der Waals surface area contributed by atoms with Gasteiger partial charge in [0.05, 0.1) is 29.7 Å². The zero-order valence-corrected chi connectivity index (χ0v) is 21.3. The van der Waals surface area contributed by atoms with Crippen LogP contribution in [0.1, 0.15) is 43.7 Å². The minimum Gasteiger partial charge on any atom is -0.497 e. The monoisotopic (exact) mass is 508 g/mol. The van der Waals surface area contributed by atoms with Crippen molar-refractivity contribution in [1.29, 1.82) is 5.26 Å². The summed E-state index contributed by atoms with van der Waals surface area (Å²) in [4.78, 5) is 13.3. The first-order chi connectivity index (χ1) is 16.8. The summed E-state index contributed by atoms with van der Waals surface area (Å²) in [7, 11) is 1.61. The summed E-state index contributed by atoms with van der Waals surface area (Å²) in [6, 6.07) is 13.6. The number of hydrogen-bond donors (Lipinski definition) is 1. The molecule has 0 radical (unpaired) electrons. The number of halogens is 1. The van der Waals surface area contributed by atoms with E-state index in [0.717, 1.165) is 34.0 Å². The zero-order chi connectivity index (χ0) is 24.7. The van der Waals surface area contributed by atoms with Crippen LogP contribution in [0.2, 0.25) is 5.02 Å². The van der Waals surface area contributed by atoms with Gasteiger partial charge in [-0.2, -0.15) is 5.26 Å². The van der Waals surface area contributed by atoms with Crippen molar-refractivity contribution >= 4 is 29.1 Å². The van der Waals surface area contributed by atoms with Gasteiger partial charge in [0.15, 0.2) is 17.3 Å². The molecule has 2 heterocycles. The standard InChI is InChI=1S/C27H25ClN2O4S/c1-27(2)10-20-25(21(31)11-27)24(15-4-6-17(32-3)7-5-15)18(12-29)26(30-20)35-13-16-8-22-23(9-19(16)28)34-14-33-22/h4-9,24,30H,10-11,13-14H2,1-3H3. The number of benzene rings is 2. The second kappa shape index (κ2) is 9.18. The average Bonchev–Trinajstić information content (AvgIpc) is 3.28. The quantitative estimate of drug-likeness (QED) is 0.524. The highest BCUT2D eigenvalue weighted by Crippen LogP contribution is 2.48. The number of hydrogen-bond acceptors (Lipinski definition) is 7. The van der Waals surface area contributed by atoms with Crippen LogP contribution in [0.25, 0.3) is 0 Å². The lowest BCUT2D eigenvalue weighted by atomic mass is 9.69. The Morgan fingerprint density at radius 3 is 2.60 bits per heavy atom. The van der Waals surface area contributed by atoms with Crippen molar-refractivity contribution in [2.24, 2.45) is 5.41 Å². The van der Waals surface area contributed by atoms with Crippen LogP contribution in [0, 0.1) is 16.7 Å². The van der Waals surface area contributed by atoms with Crippen molar-refractivity contribution in [3.8, 4) is 23.3 Å². The van der Waals surface area contributed by atoms with Crippen LogP contribution in [0.3, 0.4) is 0 Å². The molecule has 5 rings (SSSR count). The van der Waals surface area contributed by atoms with Gasteiger partial charge in [-0.05, 0) is 41.2 Å². The normalized spacial score (nSPS) is 20.3. The molecule has 0 amide bonds. The van der Waals surface area contributed by atoms with E-state index in [9.17, 15) is 10.1 Å². The molecule has 1 aliphatic carbocycles. The number of ketones is 1. The number of carbonyl (C=O) groups excluding carboxylic acids is 1. The van der Waals surface area contributed by atoms with E-state index in [2.05, 4.69) is 25.2 Å². The molecule has 2 aromatic carbocycles. The number of methoxy groups -OCH3 is 1. The zero-order valence-electron chi connectivity index (χ0n) is 19.7. The molecule has 0 spiro atoms. The molecule has 0 bridgehead atoms. The molecule has 6 nitrogen and oxygen atoms in total. The largest absolute Gasteiger partial charge is 0.497 e. The Balaban J connectivity index is 1.53. The SMILES string of the molecule is COc1ccc(C2C(C#N)=C(SCc3cc4c(cc3Cl)OCO4)NC3=C2C(=O)CC(C)(C)C3)cc1. The maximum atomic E-state index is 13.3. The summed E-state index contributed by atoms with van der Waals surface area (Å²) in [5, 5.41) is 15.1. The van der Waals surface area contributed by atoms with Crippen LogP contribution in [-0.4, -0.2) is 19.7 Å². The molecule has 0 aromatic heterocycles. The maximum Gasteiger partial charge on any atom is 0.231 e. The van der Waals surface area contributed by atoms with Gasteiger partial charge in [-0.3, -0.25) is 4.79 Å². The van der Waals surface area contributed by atoms with Crippen molar-refractivity contribution in [3.05, 3.63) is 74.4 Å². The highest BCUT2D eigenvalue weighted by atomic mass is 35.5. The Morgan fingerprint density at radius 1 is 1.20 bits per heavy atom. The number of nitrogens with zero attached hydrogens (tertiary/aromatic N) is 1. The Morgan fingerprint density at radius 2 is 1.91 bits per heavy atom. The van der Waals surface area contributed by atoms with Crippen molar-refractivity contribution in [1.82, 2.24) is 5.32 Å². The highest BCUT2D eigenvalue weighted by Gasteiger charge is 2.42. The van der Waals surface area contributed by atoms with E-state index < -0.39 is 5.92 Å². The predicted molar refractivity (Wildman–Crippen MR) is 135 cm³/mol. The fraction of sp³-hybridized carbons (Fsp3) is 0.333. The molecule has 2 aliphatic heterocycles. The third-order valence-electron chi connectivity index (χ3n) is 6.49. The minimum absolute atomic E-state index is 0.0835. The molecule has 1 N–H and O–H groups in total. The Hall–Kier alpha value is -3.08. The van der Waals surface area contributed by atoms with Crippen LogP contribution >= 0.6 is 23.4 Å². The highest BCUT2D eigenvalue weighted by molar-refractivity contribution is 8.02. The van der Waals surface area contributed by atoms with E-state index in [1.807, 2.05) is 30.3 Å². The second-order valence-corrected chi connectivity index (χ2v) is 11.0. The Labute approximate surface area is 213 Å². The molecule has 8 heteroatoms. The van der Waals surface area contributed by atoms with Crippen LogP contribution < -0.4 is 19.5 Å². The van der Waals surface area contributed by atoms with E-state index in [4.69, 9.17) is 25.8 Å². The lowest BCUT2D eigenvalue weighted by Gasteiger charge is -2.39. The smallest absolute Gasteiger partial charge is 0.231 e. The molecule has 0 saturated carbocycles. The number of fused-ring (bicyclic) bond motifs is 1. The number of ether oxygens (including phenoxy) is 3. The summed E-state index contributed by atoms with van der Waals surface area (Å²) < 4.78 is 16.2. The van der Waals surface area contributed by atoms with Gasteiger partial charge in [0.2, 0.25) is 6.79 Å².